The third-order valence-corrected chi connectivity index (χ3v) is 4.38. The molecule has 0 aliphatic heterocycles. The fraction of sp³-hybridized carbons (Fsp3) is 0.615. The van der Waals surface area contributed by atoms with Crippen LogP contribution in [-0.4, -0.2) is 4.98 Å². The van der Waals surface area contributed by atoms with Gasteiger partial charge < -0.3 is 0 Å². The molecule has 2 heteroatoms. The Kier molecular flexibility index (Phi) is 3.30. The van der Waals surface area contributed by atoms with Gasteiger partial charge >= 0.3 is 0 Å². The van der Waals surface area contributed by atoms with E-state index in [0.717, 1.165) is 12.1 Å². The van der Waals surface area contributed by atoms with Crippen LogP contribution < -0.4 is 0 Å². The molecule has 0 aromatic carbocycles. The number of aromatic nitrogens is 1. The molecule has 1 aliphatic carbocycles. The normalized spacial score (nSPS) is 21.5. The number of hydrogen-bond donors (Lipinski definition) is 0. The second-order valence-corrected chi connectivity index (χ2v) is 5.09. The standard InChI is InChI=1S/C13H18ClN/c1-2-13(14,11-7-3-4-8-11)12-9-5-6-10-15-12/h5-6,9-11H,2-4,7-8H2,1H3. The van der Waals surface area contributed by atoms with E-state index in [1.165, 1.54) is 25.7 Å². The van der Waals surface area contributed by atoms with Crippen LogP contribution in [0.1, 0.15) is 44.7 Å². The van der Waals surface area contributed by atoms with Crippen LogP contribution in [0.4, 0.5) is 0 Å². The Bertz CT molecular complexity index is 306. The molecule has 1 unspecified atom stereocenters. The lowest BCUT2D eigenvalue weighted by molar-refractivity contribution is 0.365. The minimum Gasteiger partial charge on any atom is -0.259 e. The first kappa shape index (κ1) is 10.9. The van der Waals surface area contributed by atoms with E-state index in [-0.39, 0.29) is 4.87 Å². The third-order valence-electron chi connectivity index (χ3n) is 3.61. The van der Waals surface area contributed by atoms with Gasteiger partial charge in [0.25, 0.3) is 0 Å². The molecule has 1 aromatic heterocycles. The molecule has 0 radical (unpaired) electrons. The van der Waals surface area contributed by atoms with E-state index in [1.807, 2.05) is 18.3 Å². The van der Waals surface area contributed by atoms with Gasteiger partial charge in [-0.3, -0.25) is 4.98 Å². The number of pyridine rings is 1. The number of alkyl halides is 1. The Balaban J connectivity index is 2.28. The summed E-state index contributed by atoms with van der Waals surface area (Å²) in [5.41, 5.74) is 1.06. The molecule has 15 heavy (non-hydrogen) atoms. The van der Waals surface area contributed by atoms with Crippen LogP contribution in [0.3, 0.4) is 0 Å². The Labute approximate surface area is 96.9 Å². The lowest BCUT2D eigenvalue weighted by atomic mass is 9.85. The van der Waals surface area contributed by atoms with Crippen LogP contribution >= 0.6 is 11.6 Å². The monoisotopic (exact) mass is 223 g/mol. The molecule has 82 valence electrons. The highest BCUT2D eigenvalue weighted by Crippen LogP contribution is 2.46. The van der Waals surface area contributed by atoms with Gasteiger partial charge in [-0.15, -0.1) is 11.6 Å². The lowest BCUT2D eigenvalue weighted by Gasteiger charge is -2.31. The molecule has 0 bridgehead atoms. The summed E-state index contributed by atoms with van der Waals surface area (Å²) in [7, 11) is 0. The first-order valence-electron chi connectivity index (χ1n) is 5.88. The molecule has 0 N–H and O–H groups in total. The molecule has 0 saturated heterocycles. The summed E-state index contributed by atoms with van der Waals surface area (Å²) in [5.74, 6) is 0.610. The fourth-order valence-electron chi connectivity index (χ4n) is 2.67. The van der Waals surface area contributed by atoms with Gasteiger partial charge in [-0.25, -0.2) is 0 Å². The maximum absolute atomic E-state index is 6.79. The number of nitrogens with zero attached hydrogens (tertiary/aromatic N) is 1. The fourth-order valence-corrected chi connectivity index (χ4v) is 3.00. The van der Waals surface area contributed by atoms with Gasteiger partial charge in [0.15, 0.2) is 0 Å². The second-order valence-electron chi connectivity index (χ2n) is 4.41. The van der Waals surface area contributed by atoms with Crippen molar-refractivity contribution in [2.45, 2.75) is 43.9 Å². The van der Waals surface area contributed by atoms with Crippen molar-refractivity contribution in [1.82, 2.24) is 4.98 Å². The van der Waals surface area contributed by atoms with Crippen molar-refractivity contribution in [3.05, 3.63) is 30.1 Å². The highest BCUT2D eigenvalue weighted by atomic mass is 35.5. The largest absolute Gasteiger partial charge is 0.259 e. The van der Waals surface area contributed by atoms with E-state index in [9.17, 15) is 0 Å². The number of hydrogen-bond acceptors (Lipinski definition) is 1. The predicted octanol–water partition coefficient (Wildman–Crippen LogP) is 4.12. The van der Waals surface area contributed by atoms with Crippen molar-refractivity contribution < 1.29 is 0 Å². The van der Waals surface area contributed by atoms with Crippen LogP contribution in [0.25, 0.3) is 0 Å². The van der Waals surface area contributed by atoms with Crippen LogP contribution in [-0.2, 0) is 4.87 Å². The highest BCUT2D eigenvalue weighted by molar-refractivity contribution is 6.24. The third kappa shape index (κ3) is 2.03. The van der Waals surface area contributed by atoms with Crippen molar-refractivity contribution in [2.75, 3.05) is 0 Å². The first-order valence-corrected chi connectivity index (χ1v) is 6.25. The number of halogens is 1. The molecule has 0 spiro atoms. The van der Waals surface area contributed by atoms with Gasteiger partial charge in [-0.2, -0.15) is 0 Å². The summed E-state index contributed by atoms with van der Waals surface area (Å²) in [6.45, 7) is 2.17. The average Bonchev–Trinajstić information content (AvgIpc) is 2.83. The maximum Gasteiger partial charge on any atom is 0.0891 e. The maximum atomic E-state index is 6.79. The highest BCUT2D eigenvalue weighted by Gasteiger charge is 2.39. The topological polar surface area (TPSA) is 12.9 Å². The zero-order valence-corrected chi connectivity index (χ0v) is 10.0. The smallest absolute Gasteiger partial charge is 0.0891 e. The molecule has 1 saturated carbocycles. The summed E-state index contributed by atoms with van der Waals surface area (Å²) >= 11 is 6.79. The van der Waals surface area contributed by atoms with Crippen LogP contribution in [0.15, 0.2) is 24.4 Å². The zero-order chi connectivity index (χ0) is 10.7. The van der Waals surface area contributed by atoms with E-state index in [1.54, 1.807) is 0 Å². The minimum absolute atomic E-state index is 0.224. The Morgan fingerprint density at radius 3 is 2.67 bits per heavy atom. The SMILES string of the molecule is CCC(Cl)(c1ccccn1)C1CCCC1. The molecule has 1 aromatic rings. The van der Waals surface area contributed by atoms with Crippen LogP contribution in [0.5, 0.6) is 0 Å². The quantitative estimate of drug-likeness (QED) is 0.703. The molecule has 1 nitrogen and oxygen atoms in total. The minimum atomic E-state index is -0.224. The van der Waals surface area contributed by atoms with Crippen LogP contribution in [0.2, 0.25) is 0 Å². The Morgan fingerprint density at radius 2 is 2.13 bits per heavy atom. The molecule has 1 fully saturated rings. The van der Waals surface area contributed by atoms with Crippen molar-refractivity contribution in [1.29, 1.82) is 0 Å². The van der Waals surface area contributed by atoms with Gasteiger partial charge in [0, 0.05) is 6.20 Å². The first-order chi connectivity index (χ1) is 7.27. The molecular weight excluding hydrogens is 206 g/mol. The summed E-state index contributed by atoms with van der Waals surface area (Å²) in [6.07, 6.45) is 7.98. The van der Waals surface area contributed by atoms with E-state index in [0.29, 0.717) is 5.92 Å². The van der Waals surface area contributed by atoms with Crippen molar-refractivity contribution >= 4 is 11.6 Å². The average molecular weight is 224 g/mol. The summed E-state index contributed by atoms with van der Waals surface area (Å²) < 4.78 is 0. The Hall–Kier alpha value is -0.560. The van der Waals surface area contributed by atoms with Gasteiger partial charge in [-0.1, -0.05) is 25.8 Å². The van der Waals surface area contributed by atoms with Gasteiger partial charge in [-0.05, 0) is 37.3 Å². The Morgan fingerprint density at radius 1 is 1.40 bits per heavy atom. The van der Waals surface area contributed by atoms with E-state index >= 15 is 0 Å². The van der Waals surface area contributed by atoms with E-state index in [4.69, 9.17) is 11.6 Å². The predicted molar refractivity (Wildman–Crippen MR) is 64.0 cm³/mol. The van der Waals surface area contributed by atoms with Crippen molar-refractivity contribution in [3.63, 3.8) is 0 Å². The summed E-state index contributed by atoms with van der Waals surface area (Å²) in [6, 6.07) is 6.05. The molecular formula is C13H18ClN. The number of rotatable bonds is 3. The summed E-state index contributed by atoms with van der Waals surface area (Å²) in [5, 5.41) is 0. The van der Waals surface area contributed by atoms with Crippen molar-refractivity contribution in [2.24, 2.45) is 5.92 Å². The summed E-state index contributed by atoms with van der Waals surface area (Å²) in [4.78, 5) is 4.21. The second kappa shape index (κ2) is 4.52. The molecule has 1 aliphatic rings. The van der Waals surface area contributed by atoms with Gasteiger partial charge in [0.1, 0.15) is 0 Å². The van der Waals surface area contributed by atoms with Gasteiger partial charge in [0.05, 0.1) is 10.6 Å². The lowest BCUT2D eigenvalue weighted by Crippen LogP contribution is -2.28. The zero-order valence-electron chi connectivity index (χ0n) is 9.25. The molecule has 0 amide bonds. The van der Waals surface area contributed by atoms with E-state index in [2.05, 4.69) is 18.0 Å². The molecule has 1 heterocycles. The van der Waals surface area contributed by atoms with E-state index < -0.39 is 0 Å². The van der Waals surface area contributed by atoms with Crippen LogP contribution in [0, 0.1) is 5.92 Å². The molecule has 2 rings (SSSR count). The van der Waals surface area contributed by atoms with Gasteiger partial charge in [0.2, 0.25) is 0 Å². The molecule has 1 atom stereocenters. The van der Waals surface area contributed by atoms with Crippen molar-refractivity contribution in [3.8, 4) is 0 Å².